The highest BCUT2D eigenvalue weighted by molar-refractivity contribution is 9.11. The molecule has 0 bridgehead atoms. The highest BCUT2D eigenvalue weighted by Gasteiger charge is 2.04. The second-order valence-electron chi connectivity index (χ2n) is 3.44. The van der Waals surface area contributed by atoms with Crippen LogP contribution in [-0.4, -0.2) is 20.2 Å². The maximum atomic E-state index is 9.85. The Hall–Kier alpha value is -1.40. The van der Waals surface area contributed by atoms with Crippen LogP contribution in [0.3, 0.4) is 0 Å². The maximum absolute atomic E-state index is 9.85. The molecule has 0 saturated heterocycles. The molecule has 6 heteroatoms. The molecule has 0 unspecified atom stereocenters. The van der Waals surface area contributed by atoms with Gasteiger partial charge in [0.25, 0.3) is 0 Å². The first-order chi connectivity index (χ1) is 8.56. The highest BCUT2D eigenvalue weighted by atomic mass is 79.9. The number of aromatic nitrogens is 2. The Morgan fingerprint density at radius 3 is 2.61 bits per heavy atom. The van der Waals surface area contributed by atoms with Crippen LogP contribution in [0.4, 0.5) is 0 Å². The molecule has 0 aliphatic heterocycles. The fourth-order valence-electron chi connectivity index (χ4n) is 1.34. The predicted molar refractivity (Wildman–Crippen MR) is 76.1 cm³/mol. The molecular weight excluding hydrogens is 364 g/mol. The normalized spacial score (nSPS) is 11.0. The zero-order valence-corrected chi connectivity index (χ0v) is 12.2. The largest absolute Gasteiger partial charge is 0.506 e. The van der Waals surface area contributed by atoms with E-state index < -0.39 is 0 Å². The summed E-state index contributed by atoms with van der Waals surface area (Å²) in [5, 5.41) is 19.0. The van der Waals surface area contributed by atoms with Gasteiger partial charge in [0.2, 0.25) is 0 Å². The van der Waals surface area contributed by atoms with Gasteiger partial charge in [-0.3, -0.25) is 0 Å². The molecule has 0 spiro atoms. The molecule has 0 fully saturated rings. The van der Waals surface area contributed by atoms with E-state index in [2.05, 4.69) is 41.8 Å². The summed E-state index contributed by atoms with van der Waals surface area (Å²) in [6.07, 6.45) is 4.83. The first kappa shape index (κ1) is 13.0. The molecule has 1 heterocycles. The Morgan fingerprint density at radius 1 is 1.11 bits per heavy atom. The summed E-state index contributed by atoms with van der Waals surface area (Å²) in [6, 6.07) is 4.90. The number of phenols is 1. The third kappa shape index (κ3) is 3.08. The van der Waals surface area contributed by atoms with E-state index in [0.29, 0.717) is 15.7 Å². The zero-order valence-electron chi connectivity index (χ0n) is 9.01. The molecule has 0 radical (unpaired) electrons. The number of hydrogen-bond donors (Lipinski definition) is 2. The minimum absolute atomic E-state index is 0.146. The molecule has 2 aromatic rings. The van der Waals surface area contributed by atoms with Gasteiger partial charge >= 0.3 is 6.01 Å². The van der Waals surface area contributed by atoms with Crippen molar-refractivity contribution in [3.8, 4) is 11.8 Å². The van der Waals surface area contributed by atoms with Gasteiger partial charge in [-0.15, -0.1) is 0 Å². The van der Waals surface area contributed by atoms with E-state index in [-0.39, 0.29) is 11.8 Å². The van der Waals surface area contributed by atoms with Crippen LogP contribution in [0.25, 0.3) is 12.2 Å². The van der Waals surface area contributed by atoms with Gasteiger partial charge in [0.1, 0.15) is 5.75 Å². The Bertz CT molecular complexity index is 615. The van der Waals surface area contributed by atoms with E-state index in [0.717, 1.165) is 4.47 Å². The third-order valence-electron chi connectivity index (χ3n) is 2.16. The Labute approximate surface area is 120 Å². The van der Waals surface area contributed by atoms with E-state index in [9.17, 15) is 5.11 Å². The molecule has 2 rings (SSSR count). The lowest BCUT2D eigenvalue weighted by atomic mass is 10.2. The summed E-state index contributed by atoms with van der Waals surface area (Å²) in [6.45, 7) is 0. The van der Waals surface area contributed by atoms with Gasteiger partial charge in [0.15, 0.2) is 0 Å². The zero-order chi connectivity index (χ0) is 13.1. The van der Waals surface area contributed by atoms with Crippen molar-refractivity contribution >= 4 is 44.0 Å². The average molecular weight is 372 g/mol. The standard InChI is InChI=1S/C12H8Br2N2O2/c13-8-5-7(11(17)10(14)6-8)1-2-9-3-4-15-12(18)16-9/h1-6,17H,(H,15,16,18). The Kier molecular flexibility index (Phi) is 3.98. The fraction of sp³-hybridized carbons (Fsp3) is 0. The number of halogens is 2. The van der Waals surface area contributed by atoms with Crippen LogP contribution >= 0.6 is 31.9 Å². The van der Waals surface area contributed by atoms with Crippen molar-refractivity contribution in [1.29, 1.82) is 0 Å². The van der Waals surface area contributed by atoms with Crippen LogP contribution in [0.2, 0.25) is 0 Å². The van der Waals surface area contributed by atoms with Gasteiger partial charge in [0.05, 0.1) is 10.2 Å². The molecule has 0 aliphatic carbocycles. The van der Waals surface area contributed by atoms with Gasteiger partial charge in [-0.25, -0.2) is 4.98 Å². The monoisotopic (exact) mass is 370 g/mol. The lowest BCUT2D eigenvalue weighted by molar-refractivity contribution is 0.430. The molecule has 18 heavy (non-hydrogen) atoms. The van der Waals surface area contributed by atoms with Gasteiger partial charge in [-0.1, -0.05) is 15.9 Å². The first-order valence-electron chi connectivity index (χ1n) is 4.94. The van der Waals surface area contributed by atoms with Crippen molar-refractivity contribution < 1.29 is 10.2 Å². The maximum Gasteiger partial charge on any atom is 0.314 e. The quantitative estimate of drug-likeness (QED) is 0.846. The summed E-state index contributed by atoms with van der Waals surface area (Å²) >= 11 is 6.60. The highest BCUT2D eigenvalue weighted by Crippen LogP contribution is 2.32. The summed E-state index contributed by atoms with van der Waals surface area (Å²) in [7, 11) is 0. The number of aromatic hydroxyl groups is 2. The summed E-state index contributed by atoms with van der Waals surface area (Å²) in [5.41, 5.74) is 1.19. The van der Waals surface area contributed by atoms with Crippen LogP contribution in [0.15, 0.2) is 33.3 Å². The Morgan fingerprint density at radius 2 is 1.89 bits per heavy atom. The topological polar surface area (TPSA) is 66.2 Å². The van der Waals surface area contributed by atoms with E-state index in [1.54, 1.807) is 30.4 Å². The van der Waals surface area contributed by atoms with Crippen LogP contribution in [0.1, 0.15) is 11.3 Å². The van der Waals surface area contributed by atoms with Gasteiger partial charge in [0, 0.05) is 16.2 Å². The van der Waals surface area contributed by atoms with E-state index >= 15 is 0 Å². The minimum Gasteiger partial charge on any atom is -0.506 e. The predicted octanol–water partition coefficient (Wildman–Crippen LogP) is 3.58. The molecule has 0 aliphatic rings. The summed E-state index contributed by atoms with van der Waals surface area (Å²) < 4.78 is 1.44. The lowest BCUT2D eigenvalue weighted by Gasteiger charge is -2.03. The number of benzene rings is 1. The van der Waals surface area contributed by atoms with Crippen LogP contribution in [0.5, 0.6) is 11.8 Å². The number of nitrogens with zero attached hydrogens (tertiary/aromatic N) is 2. The van der Waals surface area contributed by atoms with Crippen molar-refractivity contribution in [3.63, 3.8) is 0 Å². The summed E-state index contributed by atoms with van der Waals surface area (Å²) in [5.74, 6) is 0.146. The molecule has 4 nitrogen and oxygen atoms in total. The SMILES string of the molecule is Oc1nccc(C=Cc2cc(Br)cc(Br)c2O)n1. The summed E-state index contributed by atoms with van der Waals surface area (Å²) in [4.78, 5) is 7.40. The second kappa shape index (κ2) is 5.49. The number of hydrogen-bond acceptors (Lipinski definition) is 4. The second-order valence-corrected chi connectivity index (χ2v) is 5.21. The number of rotatable bonds is 2. The van der Waals surface area contributed by atoms with Crippen molar-refractivity contribution in [1.82, 2.24) is 9.97 Å². The van der Waals surface area contributed by atoms with Crippen LogP contribution in [0, 0.1) is 0 Å². The molecule has 1 aromatic heterocycles. The lowest BCUT2D eigenvalue weighted by Crippen LogP contribution is -1.83. The van der Waals surface area contributed by atoms with Gasteiger partial charge in [-0.2, -0.15) is 4.98 Å². The van der Waals surface area contributed by atoms with Crippen molar-refractivity contribution in [2.45, 2.75) is 0 Å². The average Bonchev–Trinajstić information content (AvgIpc) is 2.32. The van der Waals surface area contributed by atoms with Crippen LogP contribution in [-0.2, 0) is 0 Å². The number of phenolic OH excluding ortho intramolecular Hbond substituents is 1. The smallest absolute Gasteiger partial charge is 0.314 e. The van der Waals surface area contributed by atoms with E-state index in [4.69, 9.17) is 5.11 Å². The molecular formula is C12H8Br2N2O2. The molecule has 2 N–H and O–H groups in total. The van der Waals surface area contributed by atoms with Crippen LogP contribution < -0.4 is 0 Å². The van der Waals surface area contributed by atoms with Gasteiger partial charge in [-0.05, 0) is 46.3 Å². The third-order valence-corrected chi connectivity index (χ3v) is 3.22. The molecule has 1 aromatic carbocycles. The first-order valence-corrected chi connectivity index (χ1v) is 6.53. The Balaban J connectivity index is 2.34. The molecule has 92 valence electrons. The van der Waals surface area contributed by atoms with E-state index in [1.165, 1.54) is 6.20 Å². The van der Waals surface area contributed by atoms with Crippen molar-refractivity contribution in [2.75, 3.05) is 0 Å². The van der Waals surface area contributed by atoms with Gasteiger partial charge < -0.3 is 10.2 Å². The molecule has 0 atom stereocenters. The fourth-order valence-corrected chi connectivity index (χ4v) is 2.60. The van der Waals surface area contributed by atoms with E-state index in [1.807, 2.05) is 0 Å². The van der Waals surface area contributed by atoms with Crippen molar-refractivity contribution in [3.05, 3.63) is 44.6 Å². The molecule has 0 saturated carbocycles. The minimum atomic E-state index is -0.281. The molecule has 0 amide bonds. The van der Waals surface area contributed by atoms with Crippen molar-refractivity contribution in [2.24, 2.45) is 0 Å².